The van der Waals surface area contributed by atoms with Crippen LogP contribution >= 0.6 is 0 Å². The number of amides is 1. The van der Waals surface area contributed by atoms with Crippen molar-refractivity contribution >= 4 is 15.9 Å². The number of hydrogen-bond donors (Lipinski definition) is 0. The van der Waals surface area contributed by atoms with Crippen molar-refractivity contribution in [2.45, 2.75) is 36.6 Å². The summed E-state index contributed by atoms with van der Waals surface area (Å²) in [5, 5.41) is 0. The van der Waals surface area contributed by atoms with Gasteiger partial charge in [-0.05, 0) is 31.0 Å². The summed E-state index contributed by atoms with van der Waals surface area (Å²) >= 11 is 0. The topological polar surface area (TPSA) is 79.4 Å². The van der Waals surface area contributed by atoms with Gasteiger partial charge in [0.2, 0.25) is 10.0 Å². The molecule has 0 radical (unpaired) electrons. The number of methoxy groups -OCH3 is 1. The molecule has 166 valence electrons. The monoisotopic (exact) mass is 437 g/mol. The predicted octanol–water partition coefficient (Wildman–Crippen LogP) is 1.42. The van der Waals surface area contributed by atoms with E-state index < -0.39 is 10.0 Å². The van der Waals surface area contributed by atoms with Gasteiger partial charge in [-0.25, -0.2) is 8.42 Å². The zero-order chi connectivity index (χ0) is 21.1. The quantitative estimate of drug-likeness (QED) is 0.693. The van der Waals surface area contributed by atoms with Crippen LogP contribution in [-0.2, 0) is 14.8 Å². The fraction of sp³-hybridized carbons (Fsp3) is 0.667. The first-order valence-electron chi connectivity index (χ1n) is 10.8. The van der Waals surface area contributed by atoms with Crippen LogP contribution in [0.4, 0.5) is 0 Å². The van der Waals surface area contributed by atoms with Gasteiger partial charge in [0.25, 0.3) is 5.91 Å². The minimum atomic E-state index is -3.76. The zero-order valence-electron chi connectivity index (χ0n) is 17.6. The smallest absolute Gasteiger partial charge is 0.253 e. The Balaban J connectivity index is 1.50. The first-order chi connectivity index (χ1) is 14.5. The van der Waals surface area contributed by atoms with Gasteiger partial charge in [0.15, 0.2) is 0 Å². The molecule has 1 saturated carbocycles. The van der Waals surface area contributed by atoms with E-state index in [4.69, 9.17) is 9.47 Å². The maximum atomic E-state index is 13.2. The van der Waals surface area contributed by atoms with Crippen molar-refractivity contribution in [3.8, 4) is 5.75 Å². The molecule has 2 heterocycles. The average Bonchev–Trinajstić information content (AvgIpc) is 3.34. The van der Waals surface area contributed by atoms with E-state index in [9.17, 15) is 13.2 Å². The largest absolute Gasteiger partial charge is 0.495 e. The first-order valence-corrected chi connectivity index (χ1v) is 12.2. The number of morpholine rings is 1. The van der Waals surface area contributed by atoms with Gasteiger partial charge in [-0.1, -0.05) is 12.8 Å². The molecule has 30 heavy (non-hydrogen) atoms. The zero-order valence-corrected chi connectivity index (χ0v) is 18.4. The molecule has 1 amide bonds. The molecule has 3 aliphatic rings. The van der Waals surface area contributed by atoms with Gasteiger partial charge in [-0.2, -0.15) is 4.31 Å². The molecule has 3 fully saturated rings. The van der Waals surface area contributed by atoms with Gasteiger partial charge in [0.05, 0.1) is 20.3 Å². The number of ether oxygens (including phenoxy) is 2. The lowest BCUT2D eigenvalue weighted by molar-refractivity contribution is 0.0573. The van der Waals surface area contributed by atoms with E-state index >= 15 is 0 Å². The van der Waals surface area contributed by atoms with Crippen molar-refractivity contribution in [1.29, 1.82) is 0 Å². The highest BCUT2D eigenvalue weighted by Crippen LogP contribution is 2.29. The molecule has 9 heteroatoms. The molecule has 1 aromatic rings. The summed E-state index contributed by atoms with van der Waals surface area (Å²) < 4.78 is 38.3. The molecule has 4 rings (SSSR count). The van der Waals surface area contributed by atoms with Crippen LogP contribution in [0.2, 0.25) is 0 Å². The van der Waals surface area contributed by atoms with E-state index in [1.165, 1.54) is 43.2 Å². The maximum Gasteiger partial charge on any atom is 0.253 e. The molecule has 0 bridgehead atoms. The van der Waals surface area contributed by atoms with Crippen LogP contribution in [0.3, 0.4) is 0 Å². The maximum absolute atomic E-state index is 13.2. The predicted molar refractivity (Wildman–Crippen MR) is 112 cm³/mol. The number of benzene rings is 1. The van der Waals surface area contributed by atoms with Crippen molar-refractivity contribution in [2.75, 3.05) is 59.6 Å². The number of nitrogens with zero attached hydrogens (tertiary/aromatic N) is 3. The van der Waals surface area contributed by atoms with Gasteiger partial charge in [0, 0.05) is 50.9 Å². The van der Waals surface area contributed by atoms with Crippen LogP contribution in [0.1, 0.15) is 36.0 Å². The van der Waals surface area contributed by atoms with E-state index in [1.54, 1.807) is 12.1 Å². The standard InChI is InChI=1S/C21H31N3O5S/c1-28-19-7-6-17(16-20(19)30(26,27)24-12-14-29-15-13-24)21(25)23-10-8-22(9-11-23)18-4-2-3-5-18/h6-7,16,18H,2-5,8-15H2,1H3. The van der Waals surface area contributed by atoms with Gasteiger partial charge in [-0.15, -0.1) is 0 Å². The Hall–Kier alpha value is -1.68. The Morgan fingerprint density at radius 2 is 1.70 bits per heavy atom. The normalized spacial score (nSPS) is 22.4. The minimum Gasteiger partial charge on any atom is -0.495 e. The van der Waals surface area contributed by atoms with Crippen molar-refractivity contribution in [3.63, 3.8) is 0 Å². The Kier molecular flexibility index (Phi) is 6.62. The number of sulfonamides is 1. The number of carbonyl (C=O) groups is 1. The number of carbonyl (C=O) groups excluding carboxylic acids is 1. The lowest BCUT2D eigenvalue weighted by Gasteiger charge is -2.38. The third kappa shape index (κ3) is 4.34. The molecule has 2 aliphatic heterocycles. The first kappa shape index (κ1) is 21.5. The molecule has 0 N–H and O–H groups in total. The Morgan fingerprint density at radius 1 is 1.03 bits per heavy atom. The van der Waals surface area contributed by atoms with E-state index in [0.29, 0.717) is 51.0 Å². The van der Waals surface area contributed by atoms with E-state index in [1.807, 2.05) is 4.90 Å². The van der Waals surface area contributed by atoms with E-state index in [-0.39, 0.29) is 16.6 Å². The molecule has 0 atom stereocenters. The lowest BCUT2D eigenvalue weighted by Crippen LogP contribution is -2.51. The molecule has 2 saturated heterocycles. The second-order valence-corrected chi connectivity index (χ2v) is 10.1. The van der Waals surface area contributed by atoms with Gasteiger partial charge >= 0.3 is 0 Å². The summed E-state index contributed by atoms with van der Waals surface area (Å²) in [4.78, 5) is 17.5. The highest BCUT2D eigenvalue weighted by Gasteiger charge is 2.32. The summed E-state index contributed by atoms with van der Waals surface area (Å²) in [5.74, 6) is 0.131. The summed E-state index contributed by atoms with van der Waals surface area (Å²) in [6.45, 7) is 4.44. The lowest BCUT2D eigenvalue weighted by atomic mass is 10.1. The summed E-state index contributed by atoms with van der Waals surface area (Å²) in [6, 6.07) is 5.36. The molecule has 0 aromatic heterocycles. The summed E-state index contributed by atoms with van der Waals surface area (Å²) in [5.41, 5.74) is 0.386. The van der Waals surface area contributed by atoms with Crippen LogP contribution in [0, 0.1) is 0 Å². The van der Waals surface area contributed by atoms with Crippen LogP contribution in [0.25, 0.3) is 0 Å². The molecule has 0 spiro atoms. The summed E-state index contributed by atoms with van der Waals surface area (Å²) in [7, 11) is -2.32. The summed E-state index contributed by atoms with van der Waals surface area (Å²) in [6.07, 6.45) is 5.12. The van der Waals surface area contributed by atoms with Crippen LogP contribution in [0.5, 0.6) is 5.75 Å². The minimum absolute atomic E-state index is 0.0438. The fourth-order valence-corrected chi connectivity index (χ4v) is 6.27. The van der Waals surface area contributed by atoms with E-state index in [2.05, 4.69) is 4.90 Å². The second kappa shape index (κ2) is 9.21. The van der Waals surface area contributed by atoms with Crippen LogP contribution in [-0.4, -0.2) is 94.1 Å². The Morgan fingerprint density at radius 3 is 2.33 bits per heavy atom. The third-order valence-corrected chi connectivity index (χ3v) is 8.36. The van der Waals surface area contributed by atoms with Gasteiger partial charge in [-0.3, -0.25) is 9.69 Å². The molecule has 1 aromatic carbocycles. The van der Waals surface area contributed by atoms with Gasteiger partial charge < -0.3 is 14.4 Å². The number of piperazine rings is 1. The molecule has 0 unspecified atom stereocenters. The highest BCUT2D eigenvalue weighted by molar-refractivity contribution is 7.89. The molecule has 1 aliphatic carbocycles. The number of rotatable bonds is 5. The average molecular weight is 438 g/mol. The van der Waals surface area contributed by atoms with Gasteiger partial charge in [0.1, 0.15) is 10.6 Å². The fourth-order valence-electron chi connectivity index (χ4n) is 4.68. The molecule has 8 nitrogen and oxygen atoms in total. The van der Waals surface area contributed by atoms with Crippen molar-refractivity contribution in [2.24, 2.45) is 0 Å². The SMILES string of the molecule is COc1ccc(C(=O)N2CCN(C3CCCC3)CC2)cc1S(=O)(=O)N1CCOCC1. The van der Waals surface area contributed by atoms with Crippen LogP contribution in [0.15, 0.2) is 23.1 Å². The Labute approximate surface area is 178 Å². The van der Waals surface area contributed by atoms with E-state index in [0.717, 1.165) is 13.1 Å². The van der Waals surface area contributed by atoms with Crippen molar-refractivity contribution in [1.82, 2.24) is 14.1 Å². The third-order valence-electron chi connectivity index (χ3n) is 6.44. The Bertz CT molecular complexity index is 855. The van der Waals surface area contributed by atoms with Crippen LogP contribution < -0.4 is 4.74 Å². The number of hydrogen-bond acceptors (Lipinski definition) is 6. The van der Waals surface area contributed by atoms with Crippen molar-refractivity contribution < 1.29 is 22.7 Å². The highest BCUT2D eigenvalue weighted by atomic mass is 32.2. The second-order valence-electron chi connectivity index (χ2n) is 8.15. The van der Waals surface area contributed by atoms with Crippen molar-refractivity contribution in [3.05, 3.63) is 23.8 Å². The molecular formula is C21H31N3O5S. The molecular weight excluding hydrogens is 406 g/mol.